The molecule has 1 aromatic heterocycles. The van der Waals surface area contributed by atoms with Gasteiger partial charge >= 0.3 is 0 Å². The van der Waals surface area contributed by atoms with Crippen LogP contribution in [0.1, 0.15) is 17.6 Å². The molecule has 0 bridgehead atoms. The SMILES string of the molecule is COc1ccc(CN(c2cscn2)S(=O)(=O)c2[c]c(C(F)F)ccc2F)cc1. The van der Waals surface area contributed by atoms with Crippen LogP contribution in [0.3, 0.4) is 0 Å². The Balaban J connectivity index is 2.06. The number of nitrogens with zero attached hydrogens (tertiary/aromatic N) is 2. The molecule has 10 heteroatoms. The van der Waals surface area contributed by atoms with Crippen molar-refractivity contribution in [1.29, 1.82) is 0 Å². The smallest absolute Gasteiger partial charge is 0.269 e. The number of halogens is 3. The zero-order valence-corrected chi connectivity index (χ0v) is 16.1. The first kappa shape index (κ1) is 20.2. The van der Waals surface area contributed by atoms with Crippen LogP contribution in [-0.2, 0) is 16.6 Å². The lowest BCUT2D eigenvalue weighted by Crippen LogP contribution is -2.31. The minimum absolute atomic E-state index is 0.0519. The van der Waals surface area contributed by atoms with E-state index in [9.17, 15) is 21.6 Å². The molecule has 2 aromatic carbocycles. The van der Waals surface area contributed by atoms with Gasteiger partial charge in [0, 0.05) is 17.0 Å². The number of hydrogen-bond donors (Lipinski definition) is 0. The third-order valence-electron chi connectivity index (χ3n) is 3.83. The van der Waals surface area contributed by atoms with Crippen molar-refractivity contribution < 1.29 is 26.3 Å². The van der Waals surface area contributed by atoms with Crippen LogP contribution < -0.4 is 9.04 Å². The van der Waals surface area contributed by atoms with Gasteiger partial charge in [0.05, 0.1) is 19.2 Å². The van der Waals surface area contributed by atoms with Crippen LogP contribution >= 0.6 is 11.3 Å². The van der Waals surface area contributed by atoms with Crippen LogP contribution in [0.2, 0.25) is 0 Å². The molecule has 0 unspecified atom stereocenters. The van der Waals surface area contributed by atoms with E-state index < -0.39 is 32.7 Å². The van der Waals surface area contributed by atoms with Crippen molar-refractivity contribution >= 4 is 27.2 Å². The quantitative estimate of drug-likeness (QED) is 0.560. The number of hydrogen-bond acceptors (Lipinski definition) is 5. The maximum absolute atomic E-state index is 14.3. The Morgan fingerprint density at radius 1 is 1.21 bits per heavy atom. The molecule has 0 atom stereocenters. The van der Waals surface area contributed by atoms with E-state index >= 15 is 0 Å². The Hall–Kier alpha value is -2.59. The van der Waals surface area contributed by atoms with Crippen molar-refractivity contribution in [2.45, 2.75) is 17.9 Å². The lowest BCUT2D eigenvalue weighted by atomic mass is 10.2. The second-order valence-electron chi connectivity index (χ2n) is 5.60. The molecule has 0 aliphatic carbocycles. The Morgan fingerprint density at radius 2 is 1.93 bits per heavy atom. The van der Waals surface area contributed by atoms with Crippen molar-refractivity contribution in [1.82, 2.24) is 4.98 Å². The summed E-state index contributed by atoms with van der Waals surface area (Å²) in [4.78, 5) is 3.03. The highest BCUT2D eigenvalue weighted by Gasteiger charge is 2.30. The lowest BCUT2D eigenvalue weighted by molar-refractivity contribution is 0.150. The highest BCUT2D eigenvalue weighted by Crippen LogP contribution is 2.30. The zero-order chi connectivity index (χ0) is 20.3. The normalized spacial score (nSPS) is 11.6. The third kappa shape index (κ3) is 4.12. The maximum Gasteiger partial charge on any atom is 0.269 e. The predicted molar refractivity (Wildman–Crippen MR) is 98.7 cm³/mol. The van der Waals surface area contributed by atoms with Gasteiger partial charge in [0.2, 0.25) is 0 Å². The molecule has 0 spiro atoms. The summed E-state index contributed by atoms with van der Waals surface area (Å²) in [6.07, 6.45) is -2.98. The Bertz CT molecular complexity index is 1040. The molecule has 0 fully saturated rings. The first-order valence-electron chi connectivity index (χ1n) is 7.86. The topological polar surface area (TPSA) is 59.5 Å². The molecule has 3 aromatic rings. The van der Waals surface area contributed by atoms with Crippen molar-refractivity contribution in [3.05, 3.63) is 70.3 Å². The standard InChI is InChI=1S/C18H14F3N2O3S2/c1-26-14-5-2-12(3-6-14)9-23(17-10-27-11-22-17)28(24,25)16-8-13(18(20)21)4-7-15(16)19/h2-7,10-11,18H,9H2,1H3. The fraction of sp³-hybridized carbons (Fsp3) is 0.167. The Morgan fingerprint density at radius 3 is 2.50 bits per heavy atom. The van der Waals surface area contributed by atoms with E-state index in [1.54, 1.807) is 24.3 Å². The molecule has 5 nitrogen and oxygen atoms in total. The fourth-order valence-electron chi connectivity index (χ4n) is 2.41. The molecular formula is C18H14F3N2O3S2. The summed E-state index contributed by atoms with van der Waals surface area (Å²) in [6, 6.07) is 10.1. The summed E-state index contributed by atoms with van der Waals surface area (Å²) in [5, 5.41) is 1.47. The average Bonchev–Trinajstić information content (AvgIpc) is 3.20. The van der Waals surface area contributed by atoms with Crippen LogP contribution in [0.4, 0.5) is 19.0 Å². The maximum atomic E-state index is 14.3. The minimum atomic E-state index is -4.54. The first-order chi connectivity index (χ1) is 13.3. The van der Waals surface area contributed by atoms with Gasteiger partial charge in [-0.25, -0.2) is 30.9 Å². The van der Waals surface area contributed by atoms with Gasteiger partial charge in [-0.15, -0.1) is 11.3 Å². The van der Waals surface area contributed by atoms with Crippen molar-refractivity contribution in [2.24, 2.45) is 0 Å². The number of ether oxygens (including phenoxy) is 1. The van der Waals surface area contributed by atoms with Crippen LogP contribution in [0, 0.1) is 11.9 Å². The number of thiazole rings is 1. The van der Waals surface area contributed by atoms with E-state index in [0.29, 0.717) is 17.4 Å². The van der Waals surface area contributed by atoms with E-state index in [2.05, 4.69) is 4.98 Å². The average molecular weight is 427 g/mol. The summed E-state index contributed by atoms with van der Waals surface area (Å²) in [5.41, 5.74) is 1.28. The van der Waals surface area contributed by atoms with Crippen LogP contribution in [0.5, 0.6) is 5.75 Å². The zero-order valence-electron chi connectivity index (χ0n) is 14.5. The van der Waals surface area contributed by atoms with E-state index in [-0.39, 0.29) is 12.4 Å². The summed E-state index contributed by atoms with van der Waals surface area (Å²) >= 11 is 1.15. The largest absolute Gasteiger partial charge is 0.497 e. The number of alkyl halides is 2. The molecule has 0 aliphatic rings. The van der Waals surface area contributed by atoms with E-state index in [0.717, 1.165) is 21.7 Å². The molecule has 0 aliphatic heterocycles. The number of benzene rings is 2. The van der Waals surface area contributed by atoms with Gasteiger partial charge in [-0.1, -0.05) is 12.1 Å². The summed E-state index contributed by atoms with van der Waals surface area (Å²) in [7, 11) is -3.05. The molecule has 0 N–H and O–H groups in total. The van der Waals surface area contributed by atoms with Crippen LogP contribution in [0.15, 0.2) is 52.2 Å². The number of sulfonamides is 1. The highest BCUT2D eigenvalue weighted by atomic mass is 32.2. The molecule has 0 amide bonds. The highest BCUT2D eigenvalue weighted by molar-refractivity contribution is 7.92. The summed E-state index contributed by atoms with van der Waals surface area (Å²) in [6.45, 7) is -0.178. The predicted octanol–water partition coefficient (Wildman–Crippen LogP) is 4.42. The summed E-state index contributed by atoms with van der Waals surface area (Å²) in [5.74, 6) is -0.536. The summed E-state index contributed by atoms with van der Waals surface area (Å²) < 4.78 is 72.3. The molecule has 147 valence electrons. The number of rotatable bonds is 7. The first-order valence-corrected chi connectivity index (χ1v) is 10.2. The molecule has 28 heavy (non-hydrogen) atoms. The second-order valence-corrected chi connectivity index (χ2v) is 8.12. The van der Waals surface area contributed by atoms with Crippen LogP contribution in [-0.4, -0.2) is 20.5 Å². The third-order valence-corrected chi connectivity index (χ3v) is 6.11. The Labute approximate surface area is 164 Å². The molecule has 0 saturated carbocycles. The van der Waals surface area contributed by atoms with Crippen molar-refractivity contribution in [3.63, 3.8) is 0 Å². The molecule has 1 radical (unpaired) electrons. The molecule has 3 rings (SSSR count). The van der Waals surface area contributed by atoms with E-state index in [4.69, 9.17) is 4.74 Å². The van der Waals surface area contributed by atoms with Gasteiger partial charge in [0.25, 0.3) is 16.4 Å². The van der Waals surface area contributed by atoms with Gasteiger partial charge in [-0.05, 0) is 29.8 Å². The van der Waals surface area contributed by atoms with Crippen LogP contribution in [0.25, 0.3) is 0 Å². The Kier molecular flexibility index (Phi) is 5.90. The molecule has 0 saturated heterocycles. The molecule has 1 heterocycles. The van der Waals surface area contributed by atoms with Crippen molar-refractivity contribution in [2.75, 3.05) is 11.4 Å². The number of methoxy groups -OCH3 is 1. The van der Waals surface area contributed by atoms with Gasteiger partial charge in [0.15, 0.2) is 5.82 Å². The minimum Gasteiger partial charge on any atom is -0.497 e. The monoisotopic (exact) mass is 427 g/mol. The number of aromatic nitrogens is 1. The van der Waals surface area contributed by atoms with Gasteiger partial charge in [-0.2, -0.15) is 0 Å². The molecular weight excluding hydrogens is 413 g/mol. The number of anilines is 1. The second kappa shape index (κ2) is 8.19. The van der Waals surface area contributed by atoms with Gasteiger partial charge in [-0.3, -0.25) is 0 Å². The van der Waals surface area contributed by atoms with E-state index in [1.807, 2.05) is 6.07 Å². The van der Waals surface area contributed by atoms with Gasteiger partial charge < -0.3 is 4.74 Å². The fourth-order valence-corrected chi connectivity index (χ4v) is 4.46. The van der Waals surface area contributed by atoms with Gasteiger partial charge in [0.1, 0.15) is 16.5 Å². The lowest BCUT2D eigenvalue weighted by Gasteiger charge is -2.23. The van der Waals surface area contributed by atoms with Crippen molar-refractivity contribution in [3.8, 4) is 5.75 Å². The van der Waals surface area contributed by atoms with E-state index in [1.165, 1.54) is 18.0 Å².